The van der Waals surface area contributed by atoms with E-state index in [-0.39, 0.29) is 5.60 Å². The van der Waals surface area contributed by atoms with Crippen LogP contribution in [-0.2, 0) is 6.42 Å². The molecule has 1 heterocycles. The SMILES string of the molecule is Cc1cc2c(c(C)c1SC#N)CCC(C)(C)O2. The number of fused-ring (bicyclic) bond motifs is 1. The quantitative estimate of drug-likeness (QED) is 0.556. The predicted molar refractivity (Wildman–Crippen MR) is 70.4 cm³/mol. The molecule has 0 amide bonds. The summed E-state index contributed by atoms with van der Waals surface area (Å²) < 4.78 is 6.02. The van der Waals surface area contributed by atoms with Gasteiger partial charge >= 0.3 is 0 Å². The van der Waals surface area contributed by atoms with Gasteiger partial charge in [-0.3, -0.25) is 0 Å². The average molecular weight is 247 g/mol. The molecule has 0 spiro atoms. The molecule has 0 saturated heterocycles. The number of nitriles is 1. The zero-order valence-electron chi connectivity index (χ0n) is 10.8. The molecule has 0 fully saturated rings. The minimum atomic E-state index is -0.0736. The fourth-order valence-corrected chi connectivity index (χ4v) is 2.93. The van der Waals surface area contributed by atoms with Gasteiger partial charge in [-0.2, -0.15) is 5.26 Å². The number of hydrogen-bond acceptors (Lipinski definition) is 3. The molecule has 17 heavy (non-hydrogen) atoms. The van der Waals surface area contributed by atoms with E-state index in [1.807, 2.05) is 6.92 Å². The Balaban J connectivity index is 2.51. The number of thiocyanates is 1. The number of hydrogen-bond donors (Lipinski definition) is 0. The number of benzene rings is 1. The lowest BCUT2D eigenvalue weighted by Crippen LogP contribution is -2.33. The Kier molecular flexibility index (Phi) is 3.09. The predicted octanol–water partition coefficient (Wildman–Crippen LogP) is 3.98. The number of aryl methyl sites for hydroxylation is 1. The van der Waals surface area contributed by atoms with E-state index in [1.165, 1.54) is 22.9 Å². The van der Waals surface area contributed by atoms with Crippen LogP contribution < -0.4 is 4.74 Å². The lowest BCUT2D eigenvalue weighted by Gasteiger charge is -2.34. The van der Waals surface area contributed by atoms with Gasteiger partial charge < -0.3 is 4.74 Å². The molecule has 0 aliphatic carbocycles. The van der Waals surface area contributed by atoms with Crippen LogP contribution in [0, 0.1) is 24.5 Å². The maximum atomic E-state index is 8.84. The molecule has 0 atom stereocenters. The van der Waals surface area contributed by atoms with Gasteiger partial charge in [-0.25, -0.2) is 0 Å². The molecule has 0 bridgehead atoms. The fraction of sp³-hybridized carbons (Fsp3) is 0.500. The molecule has 3 heteroatoms. The molecule has 0 unspecified atom stereocenters. The minimum absolute atomic E-state index is 0.0736. The van der Waals surface area contributed by atoms with Crippen LogP contribution in [0.25, 0.3) is 0 Å². The minimum Gasteiger partial charge on any atom is -0.488 e. The summed E-state index contributed by atoms with van der Waals surface area (Å²) >= 11 is 1.25. The second-order valence-corrected chi connectivity index (χ2v) is 5.97. The maximum absolute atomic E-state index is 8.84. The number of nitrogens with zero attached hydrogens (tertiary/aromatic N) is 1. The first-order valence-electron chi connectivity index (χ1n) is 5.82. The van der Waals surface area contributed by atoms with E-state index in [1.54, 1.807) is 0 Å². The summed E-state index contributed by atoms with van der Waals surface area (Å²) in [5, 5.41) is 11.0. The molecular weight excluding hydrogens is 230 g/mol. The number of rotatable bonds is 1. The van der Waals surface area contributed by atoms with Crippen molar-refractivity contribution in [3.63, 3.8) is 0 Å². The van der Waals surface area contributed by atoms with Gasteiger partial charge in [0.2, 0.25) is 0 Å². The summed E-state index contributed by atoms with van der Waals surface area (Å²) in [6.45, 7) is 8.38. The second-order valence-electron chi connectivity index (χ2n) is 5.18. The summed E-state index contributed by atoms with van der Waals surface area (Å²) in [6, 6.07) is 2.07. The molecule has 2 rings (SSSR count). The van der Waals surface area contributed by atoms with Crippen molar-refractivity contribution in [2.24, 2.45) is 0 Å². The Bertz CT molecular complexity index is 500. The van der Waals surface area contributed by atoms with Gasteiger partial charge in [0.15, 0.2) is 0 Å². The molecule has 90 valence electrons. The summed E-state index contributed by atoms with van der Waals surface area (Å²) in [5.74, 6) is 0.999. The lowest BCUT2D eigenvalue weighted by atomic mass is 9.91. The highest BCUT2D eigenvalue weighted by molar-refractivity contribution is 8.03. The van der Waals surface area contributed by atoms with E-state index in [0.29, 0.717) is 0 Å². The summed E-state index contributed by atoms with van der Waals surface area (Å²) in [6.07, 6.45) is 2.06. The van der Waals surface area contributed by atoms with Crippen LogP contribution in [0.1, 0.15) is 37.0 Å². The molecule has 0 N–H and O–H groups in total. The van der Waals surface area contributed by atoms with Crippen LogP contribution >= 0.6 is 11.8 Å². The first-order valence-corrected chi connectivity index (χ1v) is 6.64. The molecule has 0 radical (unpaired) electrons. The molecule has 2 nitrogen and oxygen atoms in total. The fourth-order valence-electron chi connectivity index (χ4n) is 2.35. The highest BCUT2D eigenvalue weighted by Gasteiger charge is 2.28. The first kappa shape index (κ1) is 12.3. The monoisotopic (exact) mass is 247 g/mol. The van der Waals surface area contributed by atoms with Crippen LogP contribution in [0.5, 0.6) is 5.75 Å². The Morgan fingerprint density at radius 3 is 2.76 bits per heavy atom. The van der Waals surface area contributed by atoms with Crippen LogP contribution in [0.2, 0.25) is 0 Å². The third-order valence-electron chi connectivity index (χ3n) is 3.31. The normalized spacial score (nSPS) is 16.9. The smallest absolute Gasteiger partial charge is 0.138 e. The third-order valence-corrected chi connectivity index (χ3v) is 4.23. The van der Waals surface area contributed by atoms with E-state index in [2.05, 4.69) is 32.2 Å². The van der Waals surface area contributed by atoms with Gasteiger partial charge in [0.25, 0.3) is 0 Å². The van der Waals surface area contributed by atoms with Crippen molar-refractivity contribution in [2.75, 3.05) is 0 Å². The highest BCUT2D eigenvalue weighted by atomic mass is 32.2. The molecule has 1 aliphatic heterocycles. The van der Waals surface area contributed by atoms with Gasteiger partial charge in [-0.1, -0.05) is 0 Å². The van der Waals surface area contributed by atoms with E-state index >= 15 is 0 Å². The van der Waals surface area contributed by atoms with Crippen LogP contribution in [0.15, 0.2) is 11.0 Å². The van der Waals surface area contributed by atoms with E-state index in [9.17, 15) is 0 Å². The molecule has 0 saturated carbocycles. The van der Waals surface area contributed by atoms with Crippen LogP contribution in [0.3, 0.4) is 0 Å². The van der Waals surface area contributed by atoms with E-state index in [0.717, 1.165) is 29.1 Å². The standard InChI is InChI=1S/C14H17NOS/c1-9-7-12-11(5-6-14(3,4)16-12)10(2)13(9)17-8-15/h7H,5-6H2,1-4H3. The largest absolute Gasteiger partial charge is 0.488 e. The Morgan fingerprint density at radius 1 is 1.41 bits per heavy atom. The van der Waals surface area contributed by atoms with E-state index < -0.39 is 0 Å². The molecule has 1 aromatic rings. The molecule has 0 aromatic heterocycles. The van der Waals surface area contributed by atoms with Crippen molar-refractivity contribution >= 4 is 11.8 Å². The summed E-state index contributed by atoms with van der Waals surface area (Å²) in [7, 11) is 0. The average Bonchev–Trinajstić information content (AvgIpc) is 2.22. The molecular formula is C14H17NOS. The van der Waals surface area contributed by atoms with Crippen molar-refractivity contribution in [3.8, 4) is 11.2 Å². The maximum Gasteiger partial charge on any atom is 0.138 e. The lowest BCUT2D eigenvalue weighted by molar-refractivity contribution is 0.0842. The van der Waals surface area contributed by atoms with Crippen LogP contribution in [-0.4, -0.2) is 5.60 Å². The van der Waals surface area contributed by atoms with Crippen molar-refractivity contribution in [3.05, 3.63) is 22.8 Å². The number of thioether (sulfide) groups is 1. The first-order chi connectivity index (χ1) is 7.94. The molecule has 1 aliphatic rings. The van der Waals surface area contributed by atoms with Gasteiger partial charge in [0.05, 0.1) is 0 Å². The van der Waals surface area contributed by atoms with Gasteiger partial charge in [0, 0.05) is 4.90 Å². The van der Waals surface area contributed by atoms with Crippen molar-refractivity contribution in [1.82, 2.24) is 0 Å². The van der Waals surface area contributed by atoms with Gasteiger partial charge in [-0.15, -0.1) is 0 Å². The Morgan fingerprint density at radius 2 is 2.12 bits per heavy atom. The summed E-state index contributed by atoms with van der Waals surface area (Å²) in [5.41, 5.74) is 3.54. The second kappa shape index (κ2) is 4.27. The third kappa shape index (κ3) is 2.28. The molecule has 1 aromatic carbocycles. The topological polar surface area (TPSA) is 33.0 Å². The van der Waals surface area contributed by atoms with E-state index in [4.69, 9.17) is 10.00 Å². The van der Waals surface area contributed by atoms with Crippen LogP contribution in [0.4, 0.5) is 0 Å². The van der Waals surface area contributed by atoms with Gasteiger partial charge in [-0.05, 0) is 75.1 Å². The Labute approximate surface area is 107 Å². The zero-order chi connectivity index (χ0) is 12.6. The van der Waals surface area contributed by atoms with Gasteiger partial charge in [0.1, 0.15) is 16.8 Å². The van der Waals surface area contributed by atoms with Crippen molar-refractivity contribution in [1.29, 1.82) is 5.26 Å². The number of ether oxygens (including phenoxy) is 1. The highest BCUT2D eigenvalue weighted by Crippen LogP contribution is 2.40. The van der Waals surface area contributed by atoms with Crippen molar-refractivity contribution < 1.29 is 4.74 Å². The Hall–Kier alpha value is -1.14. The summed E-state index contributed by atoms with van der Waals surface area (Å²) in [4.78, 5) is 1.09. The zero-order valence-corrected chi connectivity index (χ0v) is 11.6. The van der Waals surface area contributed by atoms with Crippen molar-refractivity contribution in [2.45, 2.75) is 51.0 Å².